The van der Waals surface area contributed by atoms with Gasteiger partial charge in [-0.3, -0.25) is 0 Å². The summed E-state index contributed by atoms with van der Waals surface area (Å²) in [5.74, 6) is -6.15. The fraction of sp³-hybridized carbons (Fsp3) is 0.143. The van der Waals surface area contributed by atoms with Crippen LogP contribution in [0.1, 0.15) is 5.56 Å². The number of rotatable bonds is 0. The predicted molar refractivity (Wildman–Crippen MR) is 36.3 cm³/mol. The summed E-state index contributed by atoms with van der Waals surface area (Å²) in [5, 5.41) is -1.11. The molecule has 1 aromatic rings. The molecule has 0 nitrogen and oxygen atoms in total. The van der Waals surface area contributed by atoms with Crippen molar-refractivity contribution >= 4 is 11.6 Å². The lowest BCUT2D eigenvalue weighted by molar-refractivity contribution is -0.142. The Morgan fingerprint density at radius 2 is 1.50 bits per heavy atom. The van der Waals surface area contributed by atoms with Crippen molar-refractivity contribution in [2.75, 3.05) is 0 Å². The van der Waals surface area contributed by atoms with Gasteiger partial charge in [-0.2, -0.15) is 13.2 Å². The maximum absolute atomic E-state index is 12.7. The highest BCUT2D eigenvalue weighted by molar-refractivity contribution is 6.30. The highest BCUT2D eigenvalue weighted by atomic mass is 35.5. The van der Waals surface area contributed by atoms with Gasteiger partial charge in [-0.15, -0.1) is 0 Å². The van der Waals surface area contributed by atoms with Crippen LogP contribution in [0.25, 0.3) is 0 Å². The molecule has 0 radical (unpaired) electrons. The Morgan fingerprint density at radius 1 is 1.00 bits per heavy atom. The lowest BCUT2D eigenvalue weighted by Crippen LogP contribution is -2.13. The second kappa shape index (κ2) is 3.34. The van der Waals surface area contributed by atoms with E-state index >= 15 is 0 Å². The average Bonchev–Trinajstić information content (AvgIpc) is 1.98. The number of hydrogen-bond acceptors (Lipinski definition) is 0. The second-order valence-corrected chi connectivity index (χ2v) is 2.75. The van der Waals surface area contributed by atoms with Crippen molar-refractivity contribution in [2.45, 2.75) is 6.18 Å². The molecule has 0 heterocycles. The first-order valence-electron chi connectivity index (χ1n) is 3.15. The van der Waals surface area contributed by atoms with Crippen LogP contribution in [-0.4, -0.2) is 0 Å². The smallest absolute Gasteiger partial charge is 0.205 e. The Kier molecular flexibility index (Phi) is 2.67. The first-order valence-corrected chi connectivity index (χ1v) is 3.53. The van der Waals surface area contributed by atoms with Crippen molar-refractivity contribution < 1.29 is 26.3 Å². The lowest BCUT2D eigenvalue weighted by Gasteiger charge is -2.10. The molecule has 78 valence electrons. The van der Waals surface area contributed by atoms with Gasteiger partial charge in [-0.1, -0.05) is 11.6 Å². The van der Waals surface area contributed by atoms with Crippen molar-refractivity contribution in [2.24, 2.45) is 0 Å². The summed E-state index contributed by atoms with van der Waals surface area (Å²) in [6.45, 7) is 0. The monoisotopic (exact) mass is 234 g/mol. The Labute approximate surface area is 79.1 Å². The molecule has 0 fully saturated rings. The third kappa shape index (κ3) is 1.79. The van der Waals surface area contributed by atoms with E-state index in [1.54, 1.807) is 0 Å². The third-order valence-corrected chi connectivity index (χ3v) is 1.67. The third-order valence-electron chi connectivity index (χ3n) is 1.40. The molecule has 0 atom stereocenters. The minimum Gasteiger partial charge on any atom is -0.205 e. The van der Waals surface area contributed by atoms with E-state index in [1.807, 2.05) is 0 Å². The van der Waals surface area contributed by atoms with E-state index in [2.05, 4.69) is 0 Å². The van der Waals surface area contributed by atoms with Gasteiger partial charge in [0.25, 0.3) is 0 Å². The van der Waals surface area contributed by atoms with E-state index in [4.69, 9.17) is 11.6 Å². The summed E-state index contributed by atoms with van der Waals surface area (Å²) in [5.41, 5.74) is -2.32. The Balaban J connectivity index is 3.56. The van der Waals surface area contributed by atoms with Crippen molar-refractivity contribution in [3.8, 4) is 0 Å². The summed E-state index contributed by atoms with van der Waals surface area (Å²) < 4.78 is 73.5. The topological polar surface area (TPSA) is 0 Å². The maximum Gasteiger partial charge on any atom is 0.422 e. The first kappa shape index (κ1) is 11.2. The molecule has 14 heavy (non-hydrogen) atoms. The molecule has 0 aliphatic carbocycles. The largest absolute Gasteiger partial charge is 0.422 e. The van der Waals surface area contributed by atoms with Gasteiger partial charge in [-0.05, 0) is 6.07 Å². The number of hydrogen-bond donors (Lipinski definition) is 0. The lowest BCUT2D eigenvalue weighted by atomic mass is 10.2. The molecule has 0 saturated carbocycles. The minimum absolute atomic E-state index is 0.140. The van der Waals surface area contributed by atoms with Crippen LogP contribution in [0.4, 0.5) is 26.3 Å². The van der Waals surface area contributed by atoms with Crippen LogP contribution in [0.5, 0.6) is 0 Å². The molecule has 0 bridgehead atoms. The zero-order chi connectivity index (χ0) is 11.1. The highest BCUT2D eigenvalue weighted by Crippen LogP contribution is 2.36. The number of halogens is 7. The van der Waals surface area contributed by atoms with Gasteiger partial charge in [0.15, 0.2) is 17.5 Å². The van der Waals surface area contributed by atoms with E-state index < -0.39 is 34.2 Å². The van der Waals surface area contributed by atoms with E-state index in [0.29, 0.717) is 0 Å². The zero-order valence-corrected chi connectivity index (χ0v) is 6.98. The van der Waals surface area contributed by atoms with Gasteiger partial charge >= 0.3 is 6.18 Å². The summed E-state index contributed by atoms with van der Waals surface area (Å²) in [6, 6.07) is 0.140. The van der Waals surface area contributed by atoms with Crippen molar-refractivity contribution in [1.29, 1.82) is 0 Å². The molecule has 1 rings (SSSR count). The van der Waals surface area contributed by atoms with E-state index in [1.165, 1.54) is 0 Å². The molecule has 7 heteroatoms. The van der Waals surface area contributed by atoms with Crippen LogP contribution in [0, 0.1) is 17.5 Å². The minimum atomic E-state index is -5.32. The Bertz CT molecular complexity index is 343. The van der Waals surface area contributed by atoms with Crippen LogP contribution in [0.2, 0.25) is 5.02 Å². The molecule has 0 unspecified atom stereocenters. The van der Waals surface area contributed by atoms with Crippen LogP contribution in [0.3, 0.4) is 0 Å². The summed E-state index contributed by atoms with van der Waals surface area (Å²) in [4.78, 5) is 0. The standard InChI is InChI=1S/C7HClF6/c8-2-1-3(9)6(11)4(5(2)10)7(12,13)14/h1H. The second-order valence-electron chi connectivity index (χ2n) is 2.34. The van der Waals surface area contributed by atoms with Crippen LogP contribution >= 0.6 is 11.6 Å². The van der Waals surface area contributed by atoms with E-state index in [9.17, 15) is 26.3 Å². The summed E-state index contributed by atoms with van der Waals surface area (Å²) >= 11 is 4.92. The Hall–Kier alpha value is -0.910. The van der Waals surface area contributed by atoms with Gasteiger partial charge < -0.3 is 0 Å². The van der Waals surface area contributed by atoms with Gasteiger partial charge in [0.1, 0.15) is 5.56 Å². The fourth-order valence-electron chi connectivity index (χ4n) is 0.822. The quantitative estimate of drug-likeness (QED) is 0.473. The van der Waals surface area contributed by atoms with Gasteiger partial charge in [0.2, 0.25) is 0 Å². The molecule has 0 spiro atoms. The maximum atomic E-state index is 12.7. The zero-order valence-electron chi connectivity index (χ0n) is 6.22. The van der Waals surface area contributed by atoms with E-state index in [0.717, 1.165) is 0 Å². The molecule has 0 aromatic heterocycles. The SMILES string of the molecule is Fc1cc(Cl)c(F)c(C(F)(F)F)c1F. The number of alkyl halides is 3. The van der Waals surface area contributed by atoms with Crippen molar-refractivity contribution in [3.63, 3.8) is 0 Å². The molecule has 0 N–H and O–H groups in total. The van der Waals surface area contributed by atoms with Crippen molar-refractivity contribution in [1.82, 2.24) is 0 Å². The molecule has 0 aliphatic heterocycles. The van der Waals surface area contributed by atoms with E-state index in [-0.39, 0.29) is 6.07 Å². The number of benzene rings is 1. The van der Waals surface area contributed by atoms with Crippen LogP contribution < -0.4 is 0 Å². The van der Waals surface area contributed by atoms with Gasteiger partial charge in [0, 0.05) is 0 Å². The normalized spacial score (nSPS) is 11.9. The van der Waals surface area contributed by atoms with Gasteiger partial charge in [-0.25, -0.2) is 13.2 Å². The first-order chi connectivity index (χ1) is 6.25. The average molecular weight is 235 g/mol. The highest BCUT2D eigenvalue weighted by Gasteiger charge is 2.40. The molecular weight excluding hydrogens is 234 g/mol. The molecule has 0 amide bonds. The summed E-state index contributed by atoms with van der Waals surface area (Å²) in [7, 11) is 0. The van der Waals surface area contributed by atoms with Crippen LogP contribution in [0.15, 0.2) is 6.07 Å². The van der Waals surface area contributed by atoms with Gasteiger partial charge in [0.05, 0.1) is 5.02 Å². The molecule has 0 saturated heterocycles. The predicted octanol–water partition coefficient (Wildman–Crippen LogP) is 3.78. The molecule has 1 aromatic carbocycles. The Morgan fingerprint density at radius 3 is 1.93 bits per heavy atom. The molecular formula is C7HClF6. The van der Waals surface area contributed by atoms with Crippen molar-refractivity contribution in [3.05, 3.63) is 34.1 Å². The van der Waals surface area contributed by atoms with Crippen LogP contribution in [-0.2, 0) is 6.18 Å². The fourth-order valence-corrected chi connectivity index (χ4v) is 1.01. The molecule has 0 aliphatic rings. The summed E-state index contributed by atoms with van der Waals surface area (Å²) in [6.07, 6.45) is -5.32.